The Labute approximate surface area is 118 Å². The van der Waals surface area contributed by atoms with Crippen LogP contribution in [0.1, 0.15) is 10.4 Å². The molecule has 8 heteroatoms. The number of para-hydroxylation sites is 1. The largest absolute Gasteiger partial charge is 0.322 e. The fraction of sp³-hybridized carbons (Fsp3) is 0. The average molecular weight is 287 g/mol. The molecule has 0 heterocycles. The van der Waals surface area contributed by atoms with Crippen molar-refractivity contribution in [2.24, 2.45) is 0 Å². The maximum Gasteiger partial charge on any atom is 0.282 e. The SMILES string of the molecule is O=C(Nc1ccc([N+](=O)[O-])cc1)c1ccccc1[N+](=O)[O-]. The highest BCUT2D eigenvalue weighted by atomic mass is 16.6. The minimum Gasteiger partial charge on any atom is -0.322 e. The Morgan fingerprint density at radius 3 is 2.10 bits per heavy atom. The second-order valence-corrected chi connectivity index (χ2v) is 4.03. The number of anilines is 1. The highest BCUT2D eigenvalue weighted by Gasteiger charge is 2.19. The zero-order valence-corrected chi connectivity index (χ0v) is 10.6. The van der Waals surface area contributed by atoms with Crippen molar-refractivity contribution in [2.75, 3.05) is 5.32 Å². The maximum absolute atomic E-state index is 12.0. The standard InChI is InChI=1S/C13H9N3O5/c17-13(11-3-1-2-4-12(11)16(20)21)14-9-5-7-10(8-6-9)15(18)19/h1-8H,(H,14,17). The summed E-state index contributed by atoms with van der Waals surface area (Å²) in [5.74, 6) is -0.656. The van der Waals surface area contributed by atoms with Crippen molar-refractivity contribution in [3.05, 3.63) is 74.3 Å². The zero-order chi connectivity index (χ0) is 15.4. The van der Waals surface area contributed by atoms with Crippen molar-refractivity contribution in [1.29, 1.82) is 0 Å². The first-order valence-electron chi connectivity index (χ1n) is 5.78. The molecule has 0 spiro atoms. The molecule has 0 aromatic heterocycles. The first-order valence-corrected chi connectivity index (χ1v) is 5.78. The van der Waals surface area contributed by atoms with Gasteiger partial charge in [0.25, 0.3) is 17.3 Å². The Kier molecular flexibility index (Phi) is 3.89. The van der Waals surface area contributed by atoms with Gasteiger partial charge in [-0.3, -0.25) is 25.0 Å². The average Bonchev–Trinajstić information content (AvgIpc) is 2.47. The Bertz CT molecular complexity index is 712. The molecule has 0 saturated carbocycles. The van der Waals surface area contributed by atoms with Gasteiger partial charge in [0.2, 0.25) is 0 Å². The minimum absolute atomic E-state index is 0.0825. The van der Waals surface area contributed by atoms with Crippen LogP contribution in [0.2, 0.25) is 0 Å². The number of hydrogen-bond acceptors (Lipinski definition) is 5. The molecule has 0 unspecified atom stereocenters. The zero-order valence-electron chi connectivity index (χ0n) is 10.6. The van der Waals surface area contributed by atoms with E-state index in [9.17, 15) is 25.0 Å². The predicted octanol–water partition coefficient (Wildman–Crippen LogP) is 2.76. The molecule has 0 fully saturated rings. The van der Waals surface area contributed by atoms with Crippen LogP contribution in [0.4, 0.5) is 17.1 Å². The third-order valence-corrected chi connectivity index (χ3v) is 2.68. The summed E-state index contributed by atoms with van der Waals surface area (Å²) in [6, 6.07) is 10.7. The molecule has 0 aliphatic heterocycles. The molecule has 0 atom stereocenters. The summed E-state index contributed by atoms with van der Waals surface area (Å²) < 4.78 is 0. The van der Waals surface area contributed by atoms with Crippen molar-refractivity contribution in [3.63, 3.8) is 0 Å². The highest BCUT2D eigenvalue weighted by molar-refractivity contribution is 6.07. The van der Waals surface area contributed by atoms with E-state index in [1.54, 1.807) is 0 Å². The molecule has 2 rings (SSSR count). The van der Waals surface area contributed by atoms with Crippen molar-refractivity contribution in [2.45, 2.75) is 0 Å². The molecule has 0 aliphatic rings. The van der Waals surface area contributed by atoms with Crippen LogP contribution in [0, 0.1) is 20.2 Å². The van der Waals surface area contributed by atoms with E-state index in [4.69, 9.17) is 0 Å². The van der Waals surface area contributed by atoms with E-state index in [1.807, 2.05) is 0 Å². The molecular formula is C13H9N3O5. The lowest BCUT2D eigenvalue weighted by atomic mass is 10.1. The van der Waals surface area contributed by atoms with Crippen LogP contribution in [-0.2, 0) is 0 Å². The molecule has 0 radical (unpaired) electrons. The molecule has 1 amide bonds. The van der Waals surface area contributed by atoms with Gasteiger partial charge in [0.05, 0.1) is 9.85 Å². The van der Waals surface area contributed by atoms with Crippen LogP contribution in [0.15, 0.2) is 48.5 Å². The fourth-order valence-electron chi connectivity index (χ4n) is 1.69. The van der Waals surface area contributed by atoms with E-state index >= 15 is 0 Å². The lowest BCUT2D eigenvalue weighted by Gasteiger charge is -2.05. The molecule has 2 aromatic carbocycles. The van der Waals surface area contributed by atoms with E-state index in [-0.39, 0.29) is 16.9 Å². The molecule has 2 aromatic rings. The van der Waals surface area contributed by atoms with Crippen molar-refractivity contribution in [1.82, 2.24) is 0 Å². The number of benzene rings is 2. The van der Waals surface area contributed by atoms with Crippen LogP contribution < -0.4 is 5.32 Å². The van der Waals surface area contributed by atoms with Crippen LogP contribution in [0.5, 0.6) is 0 Å². The van der Waals surface area contributed by atoms with Crippen LogP contribution in [0.25, 0.3) is 0 Å². The number of rotatable bonds is 4. The molecule has 0 bridgehead atoms. The number of nitro benzene ring substituents is 2. The highest BCUT2D eigenvalue weighted by Crippen LogP contribution is 2.20. The predicted molar refractivity (Wildman–Crippen MR) is 74.1 cm³/mol. The summed E-state index contributed by atoms with van der Waals surface area (Å²) in [6.07, 6.45) is 0. The van der Waals surface area contributed by atoms with Crippen LogP contribution in [0.3, 0.4) is 0 Å². The third-order valence-electron chi connectivity index (χ3n) is 2.68. The molecular weight excluding hydrogens is 278 g/mol. The van der Waals surface area contributed by atoms with Crippen LogP contribution in [-0.4, -0.2) is 15.8 Å². The van der Waals surface area contributed by atoms with Gasteiger partial charge in [0.15, 0.2) is 0 Å². The number of amides is 1. The number of nitro groups is 2. The molecule has 106 valence electrons. The van der Waals surface area contributed by atoms with Crippen molar-refractivity contribution >= 4 is 23.0 Å². The molecule has 1 N–H and O–H groups in total. The van der Waals surface area contributed by atoms with Crippen molar-refractivity contribution in [3.8, 4) is 0 Å². The monoisotopic (exact) mass is 287 g/mol. The van der Waals surface area contributed by atoms with Gasteiger partial charge in [0, 0.05) is 23.9 Å². The first-order chi connectivity index (χ1) is 9.99. The van der Waals surface area contributed by atoms with Gasteiger partial charge in [-0.2, -0.15) is 0 Å². The Balaban J connectivity index is 2.22. The van der Waals surface area contributed by atoms with E-state index in [0.717, 1.165) is 0 Å². The Morgan fingerprint density at radius 1 is 0.905 bits per heavy atom. The number of nitrogens with one attached hydrogen (secondary N) is 1. The second kappa shape index (κ2) is 5.78. The number of hydrogen-bond donors (Lipinski definition) is 1. The van der Waals surface area contributed by atoms with Gasteiger partial charge in [-0.15, -0.1) is 0 Å². The number of nitrogens with zero attached hydrogens (tertiary/aromatic N) is 2. The summed E-state index contributed by atoms with van der Waals surface area (Å²) in [7, 11) is 0. The minimum atomic E-state index is -0.656. The summed E-state index contributed by atoms with van der Waals surface area (Å²) in [4.78, 5) is 32.2. The van der Waals surface area contributed by atoms with Crippen LogP contribution >= 0.6 is 0 Å². The number of carbonyl (C=O) groups is 1. The van der Waals surface area contributed by atoms with Crippen molar-refractivity contribution < 1.29 is 14.6 Å². The topological polar surface area (TPSA) is 115 Å². The fourth-order valence-corrected chi connectivity index (χ4v) is 1.69. The molecule has 0 saturated heterocycles. The number of non-ortho nitro benzene ring substituents is 1. The Hall–Kier alpha value is -3.29. The lowest BCUT2D eigenvalue weighted by molar-refractivity contribution is -0.385. The summed E-state index contributed by atoms with van der Waals surface area (Å²) >= 11 is 0. The second-order valence-electron chi connectivity index (χ2n) is 4.03. The number of carbonyl (C=O) groups excluding carboxylic acids is 1. The van der Waals surface area contributed by atoms with Gasteiger partial charge in [-0.1, -0.05) is 12.1 Å². The van der Waals surface area contributed by atoms with Gasteiger partial charge in [-0.25, -0.2) is 0 Å². The van der Waals surface area contributed by atoms with Gasteiger partial charge >= 0.3 is 0 Å². The quantitative estimate of drug-likeness (QED) is 0.685. The van der Waals surface area contributed by atoms with E-state index in [1.165, 1.54) is 48.5 Å². The smallest absolute Gasteiger partial charge is 0.282 e. The van der Waals surface area contributed by atoms with Gasteiger partial charge < -0.3 is 5.32 Å². The molecule has 8 nitrogen and oxygen atoms in total. The van der Waals surface area contributed by atoms with E-state index in [0.29, 0.717) is 5.69 Å². The molecule has 0 aliphatic carbocycles. The van der Waals surface area contributed by atoms with E-state index < -0.39 is 15.8 Å². The summed E-state index contributed by atoms with van der Waals surface area (Å²) in [6.45, 7) is 0. The van der Waals surface area contributed by atoms with Gasteiger partial charge in [0.1, 0.15) is 5.56 Å². The van der Waals surface area contributed by atoms with Gasteiger partial charge in [-0.05, 0) is 18.2 Å². The lowest BCUT2D eigenvalue weighted by Crippen LogP contribution is -2.13. The molecule has 21 heavy (non-hydrogen) atoms. The maximum atomic E-state index is 12.0. The Morgan fingerprint density at radius 2 is 1.52 bits per heavy atom. The summed E-state index contributed by atoms with van der Waals surface area (Å²) in [5.41, 5.74) is -0.194. The van der Waals surface area contributed by atoms with E-state index in [2.05, 4.69) is 5.32 Å². The summed E-state index contributed by atoms with van der Waals surface area (Å²) in [5, 5.41) is 23.8. The normalized spacial score (nSPS) is 9.90. The third kappa shape index (κ3) is 3.18. The first kappa shape index (κ1) is 14.1.